The van der Waals surface area contributed by atoms with Crippen LogP contribution in [0.2, 0.25) is 0 Å². The normalized spacial score (nSPS) is 26.1. The molecule has 3 heterocycles. The molecule has 9 nitrogen and oxygen atoms in total. The molecule has 3 amide bonds. The Labute approximate surface area is 207 Å². The predicted octanol–water partition coefficient (Wildman–Crippen LogP) is 0.923. The fourth-order valence-corrected chi connectivity index (χ4v) is 5.68. The average Bonchev–Trinajstić information content (AvgIpc) is 3.46. The van der Waals surface area contributed by atoms with Crippen LogP contribution in [0.4, 0.5) is 0 Å². The van der Waals surface area contributed by atoms with Gasteiger partial charge in [0.1, 0.15) is 24.4 Å². The zero-order valence-electron chi connectivity index (χ0n) is 21.1. The van der Waals surface area contributed by atoms with Crippen LogP contribution in [0.5, 0.6) is 5.75 Å². The second-order valence-electron chi connectivity index (χ2n) is 10.9. The van der Waals surface area contributed by atoms with Gasteiger partial charge in [-0.3, -0.25) is 14.4 Å². The number of fused-ring (bicyclic) bond motifs is 2. The number of amides is 3. The van der Waals surface area contributed by atoms with Crippen molar-refractivity contribution in [2.45, 2.75) is 50.2 Å². The van der Waals surface area contributed by atoms with E-state index in [4.69, 9.17) is 9.84 Å². The number of hydrogen-bond donors (Lipinski definition) is 2. The topological polar surface area (TPSA) is 99.2 Å². The van der Waals surface area contributed by atoms with Crippen molar-refractivity contribution < 1.29 is 28.7 Å². The first-order valence-corrected chi connectivity index (χ1v) is 12.8. The molecule has 4 rings (SSSR count). The van der Waals surface area contributed by atoms with Gasteiger partial charge in [0, 0.05) is 13.1 Å². The summed E-state index contributed by atoms with van der Waals surface area (Å²) in [5, 5.41) is 12.2. The number of carbonyl (C=O) groups is 3. The van der Waals surface area contributed by atoms with E-state index in [9.17, 15) is 14.4 Å². The molecule has 0 spiro atoms. The number of unbranched alkanes of at least 4 members (excludes halogenated alkanes) is 1. The van der Waals surface area contributed by atoms with Crippen LogP contribution in [0.3, 0.4) is 0 Å². The van der Waals surface area contributed by atoms with E-state index in [1.165, 1.54) is 0 Å². The van der Waals surface area contributed by atoms with E-state index in [0.29, 0.717) is 31.7 Å². The number of ether oxygens (including phenoxy) is 1. The summed E-state index contributed by atoms with van der Waals surface area (Å²) in [7, 11) is 6.45. The second-order valence-corrected chi connectivity index (χ2v) is 10.9. The quantitative estimate of drug-likeness (QED) is 0.378. The lowest BCUT2D eigenvalue weighted by atomic mass is 9.92. The summed E-state index contributed by atoms with van der Waals surface area (Å²) in [6.45, 7) is 2.26. The van der Waals surface area contributed by atoms with Crippen LogP contribution in [-0.4, -0.2) is 103 Å². The predicted molar refractivity (Wildman–Crippen MR) is 130 cm³/mol. The molecule has 3 saturated heterocycles. The molecule has 0 radical (unpaired) electrons. The fourth-order valence-electron chi connectivity index (χ4n) is 5.68. The molecule has 35 heavy (non-hydrogen) atoms. The van der Waals surface area contributed by atoms with E-state index in [0.717, 1.165) is 35.9 Å². The summed E-state index contributed by atoms with van der Waals surface area (Å²) in [5.41, 5.74) is 0.778. The molecule has 3 aliphatic rings. The molecule has 0 saturated carbocycles. The molecule has 1 aromatic rings. The molecule has 1 aromatic carbocycles. The maximum atomic E-state index is 13.6. The standard InChI is InChI=1S/C26H38N4O5/c1-30(2,3)13-5-4-11-27-24(32)20-17-22-25(33)28-12-7-10-21(28)26(34)29(22)23(20)18-8-6-9-19(16-18)35-15-14-31/h6,8-9,16,20-23,31H,4-5,7,10-15,17H2,1-3H3/p+1/t20-,21-,22-,23-/m0/s1. The zero-order valence-corrected chi connectivity index (χ0v) is 21.1. The van der Waals surface area contributed by atoms with Crippen LogP contribution in [0.1, 0.15) is 43.7 Å². The number of carbonyl (C=O) groups excluding carboxylic acids is 3. The van der Waals surface area contributed by atoms with E-state index in [2.05, 4.69) is 26.5 Å². The van der Waals surface area contributed by atoms with Crippen molar-refractivity contribution in [3.63, 3.8) is 0 Å². The lowest BCUT2D eigenvalue weighted by Gasteiger charge is -2.41. The van der Waals surface area contributed by atoms with Crippen molar-refractivity contribution in [1.29, 1.82) is 0 Å². The summed E-state index contributed by atoms with van der Waals surface area (Å²) in [4.78, 5) is 43.7. The smallest absolute Gasteiger partial charge is 0.246 e. The first-order valence-electron chi connectivity index (χ1n) is 12.8. The van der Waals surface area contributed by atoms with E-state index in [-0.39, 0.29) is 30.9 Å². The van der Waals surface area contributed by atoms with Gasteiger partial charge in [0.25, 0.3) is 0 Å². The molecule has 3 aliphatic heterocycles. The largest absolute Gasteiger partial charge is 0.491 e. The number of aliphatic hydroxyl groups is 1. The minimum atomic E-state index is -0.613. The molecule has 0 bridgehead atoms. The van der Waals surface area contributed by atoms with Crippen molar-refractivity contribution >= 4 is 17.7 Å². The SMILES string of the molecule is C[N+](C)(C)CCCCNC(=O)[C@H]1C[C@H]2C(=O)N3CCC[C@H]3C(=O)N2[C@H]1c1cccc(OCCO)c1. The van der Waals surface area contributed by atoms with Gasteiger partial charge >= 0.3 is 0 Å². The van der Waals surface area contributed by atoms with E-state index >= 15 is 0 Å². The van der Waals surface area contributed by atoms with E-state index in [1.54, 1.807) is 15.9 Å². The number of rotatable bonds is 10. The summed E-state index contributed by atoms with van der Waals surface area (Å²) >= 11 is 0. The lowest BCUT2D eigenvalue weighted by molar-refractivity contribution is -0.870. The van der Waals surface area contributed by atoms with E-state index < -0.39 is 24.0 Å². The first-order chi connectivity index (χ1) is 16.7. The van der Waals surface area contributed by atoms with Crippen molar-refractivity contribution in [2.75, 3.05) is 54.0 Å². The van der Waals surface area contributed by atoms with Crippen LogP contribution in [0.25, 0.3) is 0 Å². The highest BCUT2D eigenvalue weighted by Gasteiger charge is 2.57. The number of piperazine rings is 1. The summed E-state index contributed by atoms with van der Waals surface area (Å²) in [6.07, 6.45) is 3.71. The minimum absolute atomic E-state index is 0.0389. The highest BCUT2D eigenvalue weighted by Crippen LogP contribution is 2.46. The van der Waals surface area contributed by atoms with Crippen LogP contribution in [0.15, 0.2) is 24.3 Å². The Morgan fingerprint density at radius 1 is 1.17 bits per heavy atom. The average molecular weight is 488 g/mol. The third-order valence-corrected chi connectivity index (χ3v) is 7.31. The molecule has 0 unspecified atom stereocenters. The third kappa shape index (κ3) is 5.46. The van der Waals surface area contributed by atoms with Crippen LogP contribution in [-0.2, 0) is 14.4 Å². The number of aliphatic hydroxyl groups excluding tert-OH is 1. The summed E-state index contributed by atoms with van der Waals surface area (Å²) in [6, 6.07) is 5.76. The van der Waals surface area contributed by atoms with Gasteiger partial charge < -0.3 is 29.4 Å². The Balaban J connectivity index is 1.56. The van der Waals surface area contributed by atoms with Gasteiger partial charge in [-0.15, -0.1) is 0 Å². The van der Waals surface area contributed by atoms with E-state index in [1.807, 2.05) is 18.2 Å². The third-order valence-electron chi connectivity index (χ3n) is 7.31. The van der Waals surface area contributed by atoms with Crippen LogP contribution < -0.4 is 10.1 Å². The van der Waals surface area contributed by atoms with Crippen molar-refractivity contribution in [3.8, 4) is 5.75 Å². The Hall–Kier alpha value is -2.65. The maximum absolute atomic E-state index is 13.6. The van der Waals surface area contributed by atoms with Crippen molar-refractivity contribution in [3.05, 3.63) is 29.8 Å². The molecular formula is C26H39N4O5+. The number of quaternary nitrogens is 1. The fraction of sp³-hybridized carbons (Fsp3) is 0.654. The molecule has 2 N–H and O–H groups in total. The Morgan fingerprint density at radius 3 is 2.71 bits per heavy atom. The maximum Gasteiger partial charge on any atom is 0.246 e. The van der Waals surface area contributed by atoms with Gasteiger partial charge in [-0.1, -0.05) is 12.1 Å². The number of nitrogens with zero attached hydrogens (tertiary/aromatic N) is 3. The van der Waals surface area contributed by atoms with Gasteiger partial charge in [0.15, 0.2) is 0 Å². The lowest BCUT2D eigenvalue weighted by Crippen LogP contribution is -2.60. The van der Waals surface area contributed by atoms with Gasteiger partial charge in [-0.05, 0) is 49.8 Å². The molecule has 0 aliphatic carbocycles. The molecule has 0 aromatic heterocycles. The highest BCUT2D eigenvalue weighted by atomic mass is 16.5. The van der Waals surface area contributed by atoms with Crippen molar-refractivity contribution in [1.82, 2.24) is 15.1 Å². The summed E-state index contributed by atoms with van der Waals surface area (Å²) < 4.78 is 6.47. The van der Waals surface area contributed by atoms with Crippen LogP contribution >= 0.6 is 0 Å². The highest BCUT2D eigenvalue weighted by molar-refractivity contribution is 5.99. The van der Waals surface area contributed by atoms with Gasteiger partial charge in [0.05, 0.1) is 46.3 Å². The Bertz CT molecular complexity index is 946. The van der Waals surface area contributed by atoms with Crippen molar-refractivity contribution in [2.24, 2.45) is 5.92 Å². The molecule has 4 atom stereocenters. The van der Waals surface area contributed by atoms with Gasteiger partial charge in [0.2, 0.25) is 17.7 Å². The Morgan fingerprint density at radius 2 is 1.97 bits per heavy atom. The first kappa shape index (κ1) is 25.4. The van der Waals surface area contributed by atoms with Crippen LogP contribution in [0, 0.1) is 5.92 Å². The number of benzene rings is 1. The minimum Gasteiger partial charge on any atom is -0.491 e. The number of nitrogens with one attached hydrogen (secondary N) is 1. The number of hydrogen-bond acceptors (Lipinski definition) is 5. The molecule has 3 fully saturated rings. The zero-order chi connectivity index (χ0) is 25.2. The molecular weight excluding hydrogens is 448 g/mol. The molecule has 9 heteroatoms. The van der Waals surface area contributed by atoms with Gasteiger partial charge in [-0.25, -0.2) is 0 Å². The Kier molecular flexibility index (Phi) is 7.66. The summed E-state index contributed by atoms with van der Waals surface area (Å²) in [5.74, 6) is -0.158. The second kappa shape index (κ2) is 10.5. The van der Waals surface area contributed by atoms with Gasteiger partial charge in [-0.2, -0.15) is 0 Å². The molecule has 192 valence electrons. The monoisotopic (exact) mass is 487 g/mol.